The maximum absolute atomic E-state index is 12.1. The minimum Gasteiger partial charge on any atom is -0.377 e. The van der Waals surface area contributed by atoms with Crippen molar-refractivity contribution in [1.29, 1.82) is 0 Å². The third-order valence-corrected chi connectivity index (χ3v) is 3.38. The van der Waals surface area contributed by atoms with E-state index in [1.54, 1.807) is 7.11 Å². The molecule has 0 aliphatic rings. The Kier molecular flexibility index (Phi) is 5.51. The molecule has 0 aromatic heterocycles. The van der Waals surface area contributed by atoms with E-state index in [4.69, 9.17) is 10.5 Å². The monoisotopic (exact) mass is 264 g/mol. The van der Waals surface area contributed by atoms with Gasteiger partial charge in [-0.05, 0) is 19.4 Å². The molecule has 106 valence electrons. The van der Waals surface area contributed by atoms with Gasteiger partial charge in [-0.3, -0.25) is 4.79 Å². The Morgan fingerprint density at radius 1 is 1.37 bits per heavy atom. The normalized spacial score (nSPS) is 14.8. The Hall–Kier alpha value is -1.39. The number of amides is 1. The number of carbonyl (C=O) groups excluding carboxylic acids is 1. The Morgan fingerprint density at radius 3 is 2.47 bits per heavy atom. The van der Waals surface area contributed by atoms with E-state index in [9.17, 15) is 4.79 Å². The second-order valence-corrected chi connectivity index (χ2v) is 5.41. The summed E-state index contributed by atoms with van der Waals surface area (Å²) in [6, 6.07) is 9.36. The van der Waals surface area contributed by atoms with Crippen LogP contribution in [0.5, 0.6) is 0 Å². The Bertz CT molecular complexity index is 404. The third kappa shape index (κ3) is 4.65. The highest BCUT2D eigenvalue weighted by Gasteiger charge is 2.24. The fourth-order valence-corrected chi connectivity index (χ4v) is 1.66. The van der Waals surface area contributed by atoms with Gasteiger partial charge in [0.05, 0.1) is 11.5 Å². The van der Waals surface area contributed by atoms with E-state index < -0.39 is 0 Å². The van der Waals surface area contributed by atoms with Crippen LogP contribution in [0.25, 0.3) is 0 Å². The summed E-state index contributed by atoms with van der Waals surface area (Å²) in [6.07, 6.45) is 0. The molecule has 1 aromatic carbocycles. The van der Waals surface area contributed by atoms with Gasteiger partial charge in [0.25, 0.3) is 0 Å². The van der Waals surface area contributed by atoms with Crippen molar-refractivity contribution in [3.63, 3.8) is 0 Å². The molecule has 0 aliphatic carbocycles. The largest absolute Gasteiger partial charge is 0.377 e. The zero-order valence-corrected chi connectivity index (χ0v) is 12.1. The van der Waals surface area contributed by atoms with Crippen molar-refractivity contribution in [2.75, 3.05) is 13.7 Å². The maximum atomic E-state index is 12.1. The molecule has 0 spiro atoms. The van der Waals surface area contributed by atoms with Crippen molar-refractivity contribution in [3.05, 3.63) is 35.9 Å². The SMILES string of the molecule is COC(C)(C)CNC(=O)C(C)C(N)c1ccccc1. The van der Waals surface area contributed by atoms with Gasteiger partial charge in [0.15, 0.2) is 0 Å². The Morgan fingerprint density at radius 2 is 1.95 bits per heavy atom. The zero-order valence-electron chi connectivity index (χ0n) is 12.1. The molecule has 2 atom stereocenters. The molecule has 0 bridgehead atoms. The van der Waals surface area contributed by atoms with Crippen molar-refractivity contribution in [3.8, 4) is 0 Å². The first-order valence-corrected chi connectivity index (χ1v) is 6.51. The summed E-state index contributed by atoms with van der Waals surface area (Å²) in [5, 5.41) is 2.88. The van der Waals surface area contributed by atoms with Crippen LogP contribution in [-0.4, -0.2) is 25.2 Å². The van der Waals surface area contributed by atoms with Crippen molar-refractivity contribution in [1.82, 2.24) is 5.32 Å². The second-order valence-electron chi connectivity index (χ2n) is 5.41. The van der Waals surface area contributed by atoms with Crippen molar-refractivity contribution >= 4 is 5.91 Å². The van der Waals surface area contributed by atoms with Gasteiger partial charge in [-0.1, -0.05) is 37.3 Å². The van der Waals surface area contributed by atoms with Gasteiger partial charge in [0.2, 0.25) is 5.91 Å². The average molecular weight is 264 g/mol. The standard InChI is InChI=1S/C15H24N2O2/c1-11(13(16)12-8-6-5-7-9-12)14(18)17-10-15(2,3)19-4/h5-9,11,13H,10,16H2,1-4H3,(H,17,18). The summed E-state index contributed by atoms with van der Waals surface area (Å²) in [5.41, 5.74) is 6.72. The summed E-state index contributed by atoms with van der Waals surface area (Å²) in [4.78, 5) is 12.1. The summed E-state index contributed by atoms with van der Waals surface area (Å²) in [7, 11) is 1.63. The predicted molar refractivity (Wildman–Crippen MR) is 76.6 cm³/mol. The molecule has 2 unspecified atom stereocenters. The van der Waals surface area contributed by atoms with E-state index in [1.165, 1.54) is 0 Å². The summed E-state index contributed by atoms with van der Waals surface area (Å²) in [5.74, 6) is -0.337. The van der Waals surface area contributed by atoms with E-state index in [1.807, 2.05) is 51.1 Å². The minimum atomic E-state index is -0.369. The molecule has 4 heteroatoms. The van der Waals surface area contributed by atoms with E-state index in [0.29, 0.717) is 6.54 Å². The number of nitrogens with two attached hydrogens (primary N) is 1. The van der Waals surface area contributed by atoms with Crippen LogP contribution in [0.1, 0.15) is 32.4 Å². The first-order valence-electron chi connectivity index (χ1n) is 6.51. The van der Waals surface area contributed by atoms with Gasteiger partial charge < -0.3 is 15.8 Å². The van der Waals surface area contributed by atoms with Gasteiger partial charge in [-0.25, -0.2) is 0 Å². The molecule has 0 saturated carbocycles. The van der Waals surface area contributed by atoms with E-state index in [0.717, 1.165) is 5.56 Å². The maximum Gasteiger partial charge on any atom is 0.224 e. The minimum absolute atomic E-state index is 0.0542. The van der Waals surface area contributed by atoms with Gasteiger partial charge in [0.1, 0.15) is 0 Å². The Balaban J connectivity index is 2.58. The molecule has 4 nitrogen and oxygen atoms in total. The van der Waals surface area contributed by atoms with Crippen LogP contribution < -0.4 is 11.1 Å². The average Bonchev–Trinajstić information content (AvgIpc) is 2.44. The van der Waals surface area contributed by atoms with Gasteiger partial charge in [-0.15, -0.1) is 0 Å². The van der Waals surface area contributed by atoms with Crippen LogP contribution in [0.3, 0.4) is 0 Å². The van der Waals surface area contributed by atoms with Crippen LogP contribution in [0, 0.1) is 5.92 Å². The van der Waals surface area contributed by atoms with Crippen molar-refractivity contribution in [2.24, 2.45) is 11.7 Å². The van der Waals surface area contributed by atoms with E-state index >= 15 is 0 Å². The van der Waals surface area contributed by atoms with Gasteiger partial charge in [-0.2, -0.15) is 0 Å². The molecule has 0 aliphatic heterocycles. The molecule has 0 saturated heterocycles. The lowest BCUT2D eigenvalue weighted by Crippen LogP contribution is -2.43. The number of carbonyl (C=O) groups is 1. The molecule has 1 rings (SSSR count). The van der Waals surface area contributed by atoms with Crippen LogP contribution in [0.4, 0.5) is 0 Å². The van der Waals surface area contributed by atoms with E-state index in [-0.39, 0.29) is 23.5 Å². The van der Waals surface area contributed by atoms with Crippen molar-refractivity contribution < 1.29 is 9.53 Å². The number of nitrogens with one attached hydrogen (secondary N) is 1. The summed E-state index contributed by atoms with van der Waals surface area (Å²) < 4.78 is 5.27. The first kappa shape index (κ1) is 15.7. The third-order valence-electron chi connectivity index (χ3n) is 3.38. The molecular weight excluding hydrogens is 240 g/mol. The Labute approximate surface area is 115 Å². The fraction of sp³-hybridized carbons (Fsp3) is 0.533. The lowest BCUT2D eigenvalue weighted by molar-refractivity contribution is -0.126. The van der Waals surface area contributed by atoms with Crippen LogP contribution in [-0.2, 0) is 9.53 Å². The molecule has 3 N–H and O–H groups in total. The molecule has 0 fully saturated rings. The van der Waals surface area contributed by atoms with Gasteiger partial charge >= 0.3 is 0 Å². The summed E-state index contributed by atoms with van der Waals surface area (Å²) >= 11 is 0. The molecule has 1 aromatic rings. The number of hydrogen-bond acceptors (Lipinski definition) is 3. The number of hydrogen-bond donors (Lipinski definition) is 2. The van der Waals surface area contributed by atoms with Crippen LogP contribution in [0.2, 0.25) is 0 Å². The molecule has 19 heavy (non-hydrogen) atoms. The molecule has 0 heterocycles. The van der Waals surface area contributed by atoms with Crippen molar-refractivity contribution in [2.45, 2.75) is 32.4 Å². The quantitative estimate of drug-likeness (QED) is 0.824. The zero-order chi connectivity index (χ0) is 14.5. The highest BCUT2D eigenvalue weighted by atomic mass is 16.5. The number of rotatable bonds is 6. The number of benzene rings is 1. The lowest BCUT2D eigenvalue weighted by atomic mass is 9.94. The number of ether oxygens (including phenoxy) is 1. The first-order chi connectivity index (χ1) is 8.87. The smallest absolute Gasteiger partial charge is 0.224 e. The van der Waals surface area contributed by atoms with Crippen LogP contribution in [0.15, 0.2) is 30.3 Å². The molecule has 1 amide bonds. The predicted octanol–water partition coefficient (Wildman–Crippen LogP) is 1.86. The fourth-order valence-electron chi connectivity index (χ4n) is 1.66. The van der Waals surface area contributed by atoms with Crippen LogP contribution >= 0.6 is 0 Å². The van der Waals surface area contributed by atoms with Gasteiger partial charge in [0, 0.05) is 19.7 Å². The number of methoxy groups -OCH3 is 1. The highest BCUT2D eigenvalue weighted by Crippen LogP contribution is 2.19. The molecular formula is C15H24N2O2. The highest BCUT2D eigenvalue weighted by molar-refractivity contribution is 5.79. The lowest BCUT2D eigenvalue weighted by Gasteiger charge is -2.25. The molecule has 0 radical (unpaired) electrons. The second kappa shape index (κ2) is 6.68. The van der Waals surface area contributed by atoms with E-state index in [2.05, 4.69) is 5.32 Å². The summed E-state index contributed by atoms with van der Waals surface area (Å²) in [6.45, 7) is 6.16. The topological polar surface area (TPSA) is 64.3 Å².